The monoisotopic (exact) mass is 451 g/mol. The lowest BCUT2D eigenvalue weighted by Crippen LogP contribution is -2.49. The van der Waals surface area contributed by atoms with Crippen LogP contribution in [0.5, 0.6) is 5.75 Å². The van der Waals surface area contributed by atoms with Gasteiger partial charge < -0.3 is 19.9 Å². The van der Waals surface area contributed by atoms with Crippen molar-refractivity contribution < 1.29 is 9.53 Å². The van der Waals surface area contributed by atoms with Crippen molar-refractivity contribution in [2.45, 2.75) is 18.4 Å². The van der Waals surface area contributed by atoms with E-state index >= 15 is 0 Å². The van der Waals surface area contributed by atoms with Crippen molar-refractivity contribution in [3.63, 3.8) is 0 Å². The molecule has 4 rings (SSSR count). The molecule has 1 saturated heterocycles. The molecule has 1 amide bonds. The fourth-order valence-corrected chi connectivity index (χ4v) is 3.88. The molecular formula is C23H31Cl2N3O2. The van der Waals surface area contributed by atoms with E-state index in [-0.39, 0.29) is 30.7 Å². The molecule has 2 aromatic rings. The van der Waals surface area contributed by atoms with Crippen molar-refractivity contribution in [3.8, 4) is 16.9 Å². The molecule has 0 bridgehead atoms. The number of piperazine rings is 1. The number of hydrogen-bond acceptors (Lipinski definition) is 4. The summed E-state index contributed by atoms with van der Waals surface area (Å²) >= 11 is 0. The van der Waals surface area contributed by atoms with E-state index in [0.29, 0.717) is 18.5 Å². The molecule has 1 saturated carbocycles. The van der Waals surface area contributed by atoms with Gasteiger partial charge in [-0.3, -0.25) is 4.79 Å². The van der Waals surface area contributed by atoms with E-state index in [4.69, 9.17) is 4.74 Å². The predicted molar refractivity (Wildman–Crippen MR) is 126 cm³/mol. The first kappa shape index (κ1) is 24.5. The van der Waals surface area contributed by atoms with Gasteiger partial charge in [-0.25, -0.2) is 0 Å². The number of amides is 1. The van der Waals surface area contributed by atoms with Gasteiger partial charge in [-0.2, -0.15) is 0 Å². The second-order valence-corrected chi connectivity index (χ2v) is 7.86. The second kappa shape index (κ2) is 11.0. The molecule has 5 nitrogen and oxygen atoms in total. The molecule has 2 unspecified atom stereocenters. The Balaban J connectivity index is 0.00000160. The van der Waals surface area contributed by atoms with E-state index in [0.717, 1.165) is 38.3 Å². The summed E-state index contributed by atoms with van der Waals surface area (Å²) in [5.74, 6) is 1.62. The van der Waals surface area contributed by atoms with Crippen molar-refractivity contribution in [2.24, 2.45) is 0 Å². The van der Waals surface area contributed by atoms with Crippen molar-refractivity contribution in [1.82, 2.24) is 15.1 Å². The Hall–Kier alpha value is -1.79. The van der Waals surface area contributed by atoms with E-state index < -0.39 is 0 Å². The maximum absolute atomic E-state index is 12.4. The number of carbonyl (C=O) groups excluding carboxylic acids is 1. The standard InChI is InChI=1S/C23H29N3O2.2ClH/c1-25-11-13-26(14-12-25)23(27)16-24-22-15-21(22)19-5-3-17(4-6-19)18-7-9-20(28-2)10-8-18;;/h3-10,21-22,24H,11-16H2,1-2H3;2*1H. The Morgan fingerprint density at radius 2 is 1.53 bits per heavy atom. The van der Waals surface area contributed by atoms with Crippen LogP contribution >= 0.6 is 24.8 Å². The first-order chi connectivity index (χ1) is 13.6. The number of benzene rings is 2. The minimum absolute atomic E-state index is 0. The summed E-state index contributed by atoms with van der Waals surface area (Å²) in [6.45, 7) is 4.08. The molecule has 1 aliphatic carbocycles. The molecule has 1 aliphatic heterocycles. The Kier molecular flexibility index (Phi) is 8.98. The van der Waals surface area contributed by atoms with Crippen molar-refractivity contribution in [1.29, 1.82) is 0 Å². The molecule has 2 fully saturated rings. The maximum Gasteiger partial charge on any atom is 0.236 e. The minimum Gasteiger partial charge on any atom is -0.497 e. The average molecular weight is 452 g/mol. The van der Waals surface area contributed by atoms with Gasteiger partial charge in [0.05, 0.1) is 13.7 Å². The number of rotatable bonds is 6. The zero-order chi connectivity index (χ0) is 19.5. The van der Waals surface area contributed by atoms with Crippen molar-refractivity contribution >= 4 is 30.7 Å². The molecule has 1 heterocycles. The van der Waals surface area contributed by atoms with Crippen LogP contribution in [0.3, 0.4) is 0 Å². The number of hydrogen-bond donors (Lipinski definition) is 1. The molecule has 0 spiro atoms. The molecule has 30 heavy (non-hydrogen) atoms. The quantitative estimate of drug-likeness (QED) is 0.730. The van der Waals surface area contributed by atoms with Gasteiger partial charge >= 0.3 is 0 Å². The van der Waals surface area contributed by atoms with Crippen LogP contribution in [0.1, 0.15) is 17.9 Å². The highest BCUT2D eigenvalue weighted by molar-refractivity contribution is 5.85. The van der Waals surface area contributed by atoms with E-state index in [9.17, 15) is 4.79 Å². The van der Waals surface area contributed by atoms with Gasteiger partial charge in [0.25, 0.3) is 0 Å². The SMILES string of the molecule is COc1ccc(-c2ccc(C3CC3NCC(=O)N3CCN(C)CC3)cc2)cc1.Cl.Cl. The van der Waals surface area contributed by atoms with Crippen LogP contribution in [0, 0.1) is 0 Å². The van der Waals surface area contributed by atoms with E-state index in [1.165, 1.54) is 16.7 Å². The number of nitrogens with zero attached hydrogens (tertiary/aromatic N) is 2. The molecule has 0 radical (unpaired) electrons. The summed E-state index contributed by atoms with van der Waals surface area (Å²) in [5.41, 5.74) is 3.75. The molecule has 2 atom stereocenters. The third-order valence-corrected chi connectivity index (χ3v) is 5.92. The molecule has 1 N–H and O–H groups in total. The highest BCUT2D eigenvalue weighted by Gasteiger charge is 2.38. The van der Waals surface area contributed by atoms with Crippen LogP contribution in [0.2, 0.25) is 0 Å². The number of carbonyl (C=O) groups is 1. The van der Waals surface area contributed by atoms with Gasteiger partial charge in [0.15, 0.2) is 0 Å². The van der Waals surface area contributed by atoms with E-state index in [2.05, 4.69) is 53.7 Å². The first-order valence-corrected chi connectivity index (χ1v) is 10.1. The van der Waals surface area contributed by atoms with Gasteiger partial charge in [0.2, 0.25) is 5.91 Å². The van der Waals surface area contributed by atoms with Gasteiger partial charge in [-0.1, -0.05) is 36.4 Å². The lowest BCUT2D eigenvalue weighted by Gasteiger charge is -2.32. The van der Waals surface area contributed by atoms with E-state index in [1.807, 2.05) is 17.0 Å². The summed E-state index contributed by atoms with van der Waals surface area (Å²) in [6.07, 6.45) is 1.11. The van der Waals surface area contributed by atoms with E-state index in [1.54, 1.807) is 7.11 Å². The van der Waals surface area contributed by atoms with Gasteiger partial charge in [0.1, 0.15) is 5.75 Å². The van der Waals surface area contributed by atoms with Crippen LogP contribution in [0.25, 0.3) is 11.1 Å². The van der Waals surface area contributed by atoms with Crippen molar-refractivity contribution in [3.05, 3.63) is 54.1 Å². The zero-order valence-electron chi connectivity index (χ0n) is 17.5. The highest BCUT2D eigenvalue weighted by atomic mass is 35.5. The highest BCUT2D eigenvalue weighted by Crippen LogP contribution is 2.41. The Labute approximate surface area is 191 Å². The normalized spacial score (nSPS) is 20.7. The Morgan fingerprint density at radius 3 is 2.10 bits per heavy atom. The topological polar surface area (TPSA) is 44.8 Å². The fraction of sp³-hybridized carbons (Fsp3) is 0.435. The molecule has 2 aromatic carbocycles. The van der Waals surface area contributed by atoms with Gasteiger partial charge in [-0.05, 0) is 42.3 Å². The summed E-state index contributed by atoms with van der Waals surface area (Å²) in [6, 6.07) is 17.4. The minimum atomic E-state index is 0. The molecule has 7 heteroatoms. The van der Waals surface area contributed by atoms with Crippen LogP contribution in [0.15, 0.2) is 48.5 Å². The number of ether oxygens (including phenoxy) is 1. The van der Waals surface area contributed by atoms with Crippen LogP contribution in [0.4, 0.5) is 0 Å². The molecular weight excluding hydrogens is 421 g/mol. The number of nitrogens with one attached hydrogen (secondary N) is 1. The second-order valence-electron chi connectivity index (χ2n) is 7.86. The summed E-state index contributed by atoms with van der Waals surface area (Å²) < 4.78 is 5.22. The summed E-state index contributed by atoms with van der Waals surface area (Å²) in [5, 5.41) is 3.45. The lowest BCUT2D eigenvalue weighted by molar-refractivity contribution is -0.131. The molecule has 2 aliphatic rings. The van der Waals surface area contributed by atoms with Gasteiger partial charge in [-0.15, -0.1) is 24.8 Å². The largest absolute Gasteiger partial charge is 0.497 e. The third-order valence-electron chi connectivity index (χ3n) is 5.92. The van der Waals surface area contributed by atoms with Gasteiger partial charge in [0, 0.05) is 38.1 Å². The summed E-state index contributed by atoms with van der Waals surface area (Å²) in [4.78, 5) is 16.6. The Morgan fingerprint density at radius 1 is 0.967 bits per heavy atom. The third kappa shape index (κ3) is 5.88. The predicted octanol–water partition coefficient (Wildman–Crippen LogP) is 3.43. The Bertz CT molecular complexity index is 806. The lowest BCUT2D eigenvalue weighted by atomic mass is 10.0. The zero-order valence-corrected chi connectivity index (χ0v) is 19.2. The van der Waals surface area contributed by atoms with Crippen LogP contribution in [-0.2, 0) is 4.79 Å². The smallest absolute Gasteiger partial charge is 0.236 e. The fourth-order valence-electron chi connectivity index (χ4n) is 3.88. The first-order valence-electron chi connectivity index (χ1n) is 10.1. The van der Waals surface area contributed by atoms with Crippen LogP contribution < -0.4 is 10.1 Å². The summed E-state index contributed by atoms with van der Waals surface area (Å²) in [7, 11) is 3.79. The molecule has 164 valence electrons. The van der Waals surface area contributed by atoms with Crippen molar-refractivity contribution in [2.75, 3.05) is 46.9 Å². The average Bonchev–Trinajstić information content (AvgIpc) is 3.52. The van der Waals surface area contributed by atoms with Crippen LogP contribution in [-0.4, -0.2) is 68.6 Å². The maximum atomic E-state index is 12.4. The number of methoxy groups -OCH3 is 1. The number of halogens is 2. The molecule has 0 aromatic heterocycles. The number of likely N-dealkylation sites (N-methyl/N-ethyl adjacent to an activating group) is 1.